The number of carbonyl (C=O) groups is 3. The van der Waals surface area contributed by atoms with Gasteiger partial charge in [0.25, 0.3) is 14.0 Å². The molecule has 15 nitrogen and oxygen atoms in total. The van der Waals surface area contributed by atoms with E-state index < -0.39 is 59.7 Å². The number of nitro groups is 1. The van der Waals surface area contributed by atoms with Gasteiger partial charge in [0.1, 0.15) is 30.1 Å². The smallest absolute Gasteiger partial charge is 0.307 e. The Bertz CT molecular complexity index is 2920. The third kappa shape index (κ3) is 13.3. The largest absolute Gasteiger partial charge is 0.489 e. The number of sulfonamides is 1. The molecule has 0 fully saturated rings. The third-order valence-electron chi connectivity index (χ3n) is 13.1. The van der Waals surface area contributed by atoms with Crippen LogP contribution in [0.3, 0.4) is 0 Å². The van der Waals surface area contributed by atoms with Gasteiger partial charge in [0.05, 0.1) is 36.0 Å². The quantitative estimate of drug-likeness (QED) is 0.0199. The lowest BCUT2D eigenvalue weighted by Crippen LogP contribution is -2.66. The van der Waals surface area contributed by atoms with Gasteiger partial charge in [-0.1, -0.05) is 130 Å². The molecule has 6 aromatic rings. The van der Waals surface area contributed by atoms with Crippen molar-refractivity contribution in [2.45, 2.75) is 88.0 Å². The van der Waals surface area contributed by atoms with E-state index in [0.717, 1.165) is 40.2 Å². The Labute approximate surface area is 434 Å². The zero-order valence-electron chi connectivity index (χ0n) is 42.3. The standard InChI is InChI=1S/C57H63N3O12SSi/c1-41(61)69-36-17-35-59(34-15-16-37-71-74(57(2,3)4,48-20-11-7-12-21-48)49-22-13-8-14-23-49)56(63)54-50-38-44(51(39-53(62)68-5)58-73(66,67)47-31-27-45(28-32-47)60(64)65)26-33-52(50)72-55(54)43-24-29-46(30-25-43)70-40-42-18-9-6-10-19-42/h6-14,18-33,38,51,54-55,58H,15-17,34-37,39-40H2,1-5H3/t51-,54+,55-/m0/s1. The van der Waals surface area contributed by atoms with Crippen LogP contribution in [-0.2, 0) is 44.9 Å². The molecule has 0 radical (unpaired) electrons. The number of rotatable bonds is 24. The van der Waals surface area contributed by atoms with Crippen LogP contribution in [0, 0.1) is 10.1 Å². The fourth-order valence-corrected chi connectivity index (χ4v) is 15.2. The van der Waals surface area contributed by atoms with Crippen LogP contribution in [-0.4, -0.2) is 77.8 Å². The average Bonchev–Trinajstić information content (AvgIpc) is 3.78. The topological polar surface area (TPSA) is 190 Å². The second-order valence-electron chi connectivity index (χ2n) is 19.1. The van der Waals surface area contributed by atoms with E-state index >= 15 is 4.79 Å². The highest BCUT2D eigenvalue weighted by atomic mass is 32.2. The number of non-ortho nitro benzene ring substituents is 1. The van der Waals surface area contributed by atoms with E-state index in [1.165, 1.54) is 14.0 Å². The maximum absolute atomic E-state index is 15.5. The Morgan fingerprint density at radius 2 is 1.39 bits per heavy atom. The Balaban J connectivity index is 1.21. The first-order valence-corrected chi connectivity index (χ1v) is 28.0. The van der Waals surface area contributed by atoms with Crippen molar-refractivity contribution in [3.63, 3.8) is 0 Å². The molecule has 0 aliphatic carbocycles. The maximum Gasteiger partial charge on any atom is 0.307 e. The minimum Gasteiger partial charge on any atom is -0.489 e. The Hall–Kier alpha value is -7.18. The van der Waals surface area contributed by atoms with Crippen molar-refractivity contribution >= 4 is 52.2 Å². The highest BCUT2D eigenvalue weighted by Gasteiger charge is 2.50. The monoisotopic (exact) mass is 1040 g/mol. The fourth-order valence-electron chi connectivity index (χ4n) is 9.39. The molecule has 3 atom stereocenters. The molecule has 1 aliphatic heterocycles. The number of hydrogen-bond donors (Lipinski definition) is 1. The van der Waals surface area contributed by atoms with Crippen LogP contribution in [0.25, 0.3) is 0 Å². The van der Waals surface area contributed by atoms with E-state index in [9.17, 15) is 28.1 Å². The molecule has 1 aliphatic rings. The highest BCUT2D eigenvalue weighted by Crippen LogP contribution is 2.48. The summed E-state index contributed by atoms with van der Waals surface area (Å²) in [4.78, 5) is 52.5. The number of nitrogens with one attached hydrogen (secondary N) is 1. The molecule has 17 heteroatoms. The summed E-state index contributed by atoms with van der Waals surface area (Å²) < 4.78 is 60.6. The number of methoxy groups -OCH3 is 1. The Kier molecular flexibility index (Phi) is 18.2. The Morgan fingerprint density at radius 1 is 0.784 bits per heavy atom. The second-order valence-corrected chi connectivity index (χ2v) is 25.1. The summed E-state index contributed by atoms with van der Waals surface area (Å²) in [5.41, 5.74) is 2.19. The van der Waals surface area contributed by atoms with E-state index in [-0.39, 0.29) is 34.7 Å². The van der Waals surface area contributed by atoms with Gasteiger partial charge >= 0.3 is 11.9 Å². The molecular formula is C57H63N3O12SSi. The number of unbranched alkanes of at least 4 members (excludes halogenated alkanes) is 1. The number of benzene rings is 6. The number of amides is 1. The average molecular weight is 1040 g/mol. The molecule has 7 rings (SSSR count). The minimum absolute atomic E-state index is 0.0932. The van der Waals surface area contributed by atoms with E-state index in [1.54, 1.807) is 23.1 Å². The van der Waals surface area contributed by atoms with Crippen molar-refractivity contribution in [2.24, 2.45) is 0 Å². The lowest BCUT2D eigenvalue weighted by Gasteiger charge is -2.43. The number of fused-ring (bicyclic) bond motifs is 1. The number of hydrogen-bond acceptors (Lipinski definition) is 12. The lowest BCUT2D eigenvalue weighted by atomic mass is 9.88. The number of carbonyl (C=O) groups excluding carboxylic acids is 3. The van der Waals surface area contributed by atoms with Crippen LogP contribution >= 0.6 is 0 Å². The molecule has 0 unspecified atom stereocenters. The summed E-state index contributed by atoms with van der Waals surface area (Å²) >= 11 is 0. The predicted octanol–water partition coefficient (Wildman–Crippen LogP) is 9.11. The summed E-state index contributed by atoms with van der Waals surface area (Å²) in [6.07, 6.45) is 0.280. The van der Waals surface area contributed by atoms with Crippen LogP contribution in [0.1, 0.15) is 93.7 Å². The lowest BCUT2D eigenvalue weighted by molar-refractivity contribution is -0.384. The number of nitrogens with zero attached hydrogens (tertiary/aromatic N) is 2. The van der Waals surface area contributed by atoms with Gasteiger partial charge < -0.3 is 28.3 Å². The summed E-state index contributed by atoms with van der Waals surface area (Å²) in [6.45, 7) is 9.45. The van der Waals surface area contributed by atoms with Crippen LogP contribution in [0.4, 0.5) is 5.69 Å². The fraction of sp³-hybridized carbons (Fsp3) is 0.316. The molecule has 0 aromatic heterocycles. The first kappa shape index (κ1) is 54.6. The van der Waals surface area contributed by atoms with Crippen molar-refractivity contribution in [1.29, 1.82) is 0 Å². The van der Waals surface area contributed by atoms with Crippen molar-refractivity contribution < 1.29 is 51.1 Å². The zero-order chi connectivity index (χ0) is 52.9. The second kappa shape index (κ2) is 24.7. The number of nitro benzene ring substituents is 1. The number of ether oxygens (including phenoxy) is 4. The van der Waals surface area contributed by atoms with E-state index in [0.29, 0.717) is 67.2 Å². The normalized spacial score (nSPS) is 14.8. The van der Waals surface area contributed by atoms with Gasteiger partial charge in [0.15, 0.2) is 0 Å². The molecule has 388 valence electrons. The molecule has 0 spiro atoms. The summed E-state index contributed by atoms with van der Waals surface area (Å²) in [5, 5.41) is 13.4. The van der Waals surface area contributed by atoms with Gasteiger partial charge in [0, 0.05) is 44.3 Å². The molecule has 1 N–H and O–H groups in total. The van der Waals surface area contributed by atoms with Crippen molar-refractivity contribution in [3.05, 3.63) is 190 Å². The van der Waals surface area contributed by atoms with Gasteiger partial charge in [-0.25, -0.2) is 13.1 Å². The minimum atomic E-state index is -4.37. The van der Waals surface area contributed by atoms with Gasteiger partial charge in [-0.05, 0) is 87.8 Å². The SMILES string of the molecule is COC(=O)C[C@H](NS(=O)(=O)c1ccc([N+](=O)[O-])cc1)c1ccc2c(c1)[C@@H](C(=O)N(CCCCO[Si](c1ccccc1)(c1ccccc1)C(C)(C)C)CCCOC(C)=O)[C@H](c1ccc(OCc3ccccc3)cc1)O2. The molecular weight excluding hydrogens is 979 g/mol. The summed E-state index contributed by atoms with van der Waals surface area (Å²) in [7, 11) is -6.02. The van der Waals surface area contributed by atoms with E-state index in [4.69, 9.17) is 23.4 Å². The first-order chi connectivity index (χ1) is 35.5. The van der Waals surface area contributed by atoms with Gasteiger partial charge in [-0.2, -0.15) is 0 Å². The van der Waals surface area contributed by atoms with Gasteiger partial charge in [0.2, 0.25) is 15.9 Å². The highest BCUT2D eigenvalue weighted by molar-refractivity contribution is 7.89. The van der Waals surface area contributed by atoms with Crippen LogP contribution in [0.2, 0.25) is 5.04 Å². The van der Waals surface area contributed by atoms with E-state index in [1.807, 2.05) is 91.0 Å². The molecule has 0 saturated carbocycles. The number of esters is 2. The zero-order valence-corrected chi connectivity index (χ0v) is 44.1. The van der Waals surface area contributed by atoms with Crippen molar-refractivity contribution in [2.75, 3.05) is 33.4 Å². The molecule has 0 saturated heterocycles. The molecule has 1 heterocycles. The summed E-state index contributed by atoms with van der Waals surface area (Å²) in [5.74, 6) is -1.39. The molecule has 1 amide bonds. The molecule has 6 aromatic carbocycles. The van der Waals surface area contributed by atoms with Crippen LogP contribution < -0.4 is 24.6 Å². The van der Waals surface area contributed by atoms with Crippen molar-refractivity contribution in [3.8, 4) is 11.5 Å². The predicted molar refractivity (Wildman–Crippen MR) is 283 cm³/mol. The van der Waals surface area contributed by atoms with Crippen LogP contribution in [0.15, 0.2) is 163 Å². The Morgan fingerprint density at radius 3 is 1.97 bits per heavy atom. The maximum atomic E-state index is 15.5. The van der Waals surface area contributed by atoms with Crippen molar-refractivity contribution in [1.82, 2.24) is 9.62 Å². The van der Waals surface area contributed by atoms with Gasteiger partial charge in [-0.15, -0.1) is 0 Å². The van der Waals surface area contributed by atoms with Gasteiger partial charge in [-0.3, -0.25) is 24.5 Å². The van der Waals surface area contributed by atoms with Crippen LogP contribution in [0.5, 0.6) is 11.5 Å². The molecule has 74 heavy (non-hydrogen) atoms. The summed E-state index contributed by atoms with van der Waals surface area (Å²) in [6, 6.07) is 46.0. The van der Waals surface area contributed by atoms with E-state index in [2.05, 4.69) is 49.8 Å². The third-order valence-corrected chi connectivity index (χ3v) is 19.6. The first-order valence-electron chi connectivity index (χ1n) is 24.6. The molecule has 0 bridgehead atoms.